The Morgan fingerprint density at radius 1 is 1.36 bits per heavy atom. The summed E-state index contributed by atoms with van der Waals surface area (Å²) in [4.78, 5) is 0. The van der Waals surface area contributed by atoms with E-state index in [9.17, 15) is 0 Å². The summed E-state index contributed by atoms with van der Waals surface area (Å²) in [5.74, 6) is 0. The molecule has 1 atom stereocenters. The Bertz CT molecular complexity index is 130. The van der Waals surface area contributed by atoms with Crippen LogP contribution in [0.15, 0.2) is 0 Å². The van der Waals surface area contributed by atoms with Crippen LogP contribution in [0.25, 0.3) is 0 Å². The van der Waals surface area contributed by atoms with Crippen LogP contribution < -0.4 is 0 Å². The molecule has 0 radical (unpaired) electrons. The molecule has 66 valence electrons. The summed E-state index contributed by atoms with van der Waals surface area (Å²) in [6.07, 6.45) is 6.71. The highest BCUT2D eigenvalue weighted by molar-refractivity contribution is 8.26. The van der Waals surface area contributed by atoms with Crippen molar-refractivity contribution in [1.29, 1.82) is 0 Å². The summed E-state index contributed by atoms with van der Waals surface area (Å²) < 4.78 is 5.42. The molecule has 3 heteroatoms. The quantitative estimate of drug-likeness (QED) is 0.679. The lowest BCUT2D eigenvalue weighted by atomic mass is 10.0. The standard InChI is InChI=1S/C8H16OS2/c1-2-9-11(10)8-6-4-3-5-7-8/h8H,2-7H2,1H3. The van der Waals surface area contributed by atoms with Crippen LogP contribution in [-0.4, -0.2) is 11.9 Å². The van der Waals surface area contributed by atoms with E-state index in [-0.39, 0.29) is 9.74 Å². The molecule has 1 aliphatic carbocycles. The minimum absolute atomic E-state index is 0.173. The van der Waals surface area contributed by atoms with Gasteiger partial charge in [-0.15, -0.1) is 0 Å². The lowest BCUT2D eigenvalue weighted by Gasteiger charge is -2.22. The van der Waals surface area contributed by atoms with E-state index in [2.05, 4.69) is 0 Å². The molecule has 1 unspecified atom stereocenters. The van der Waals surface area contributed by atoms with E-state index < -0.39 is 0 Å². The Kier molecular flexibility index (Phi) is 4.57. The molecule has 0 aliphatic heterocycles. The Labute approximate surface area is 76.3 Å². The second-order valence-corrected chi connectivity index (χ2v) is 5.34. The van der Waals surface area contributed by atoms with Gasteiger partial charge < -0.3 is 4.18 Å². The normalized spacial score (nSPS) is 23.4. The van der Waals surface area contributed by atoms with Gasteiger partial charge in [0.1, 0.15) is 0 Å². The largest absolute Gasteiger partial charge is 0.312 e. The third-order valence-electron chi connectivity index (χ3n) is 2.06. The molecule has 0 bridgehead atoms. The number of hydrogen-bond donors (Lipinski definition) is 0. The van der Waals surface area contributed by atoms with Gasteiger partial charge in [0.25, 0.3) is 0 Å². The summed E-state index contributed by atoms with van der Waals surface area (Å²) in [7, 11) is -0.173. The van der Waals surface area contributed by atoms with Crippen LogP contribution in [0.5, 0.6) is 0 Å². The second-order valence-electron chi connectivity index (χ2n) is 2.93. The zero-order valence-corrected chi connectivity index (χ0v) is 8.68. The third-order valence-corrected chi connectivity index (χ3v) is 4.65. The highest BCUT2D eigenvalue weighted by Gasteiger charge is 2.16. The van der Waals surface area contributed by atoms with Crippen LogP contribution in [0.2, 0.25) is 0 Å². The fourth-order valence-corrected chi connectivity index (χ4v) is 3.48. The molecule has 11 heavy (non-hydrogen) atoms. The first kappa shape index (κ1) is 9.62. The molecule has 0 spiro atoms. The van der Waals surface area contributed by atoms with Crippen molar-refractivity contribution < 1.29 is 4.18 Å². The monoisotopic (exact) mass is 192 g/mol. The van der Waals surface area contributed by atoms with Crippen molar-refractivity contribution in [3.63, 3.8) is 0 Å². The van der Waals surface area contributed by atoms with Crippen LogP contribution in [0, 0.1) is 0 Å². The molecule has 1 aliphatic rings. The molecule has 0 aromatic heterocycles. The molecule has 0 saturated heterocycles. The van der Waals surface area contributed by atoms with Crippen molar-refractivity contribution >= 4 is 20.9 Å². The first-order valence-electron chi connectivity index (χ1n) is 4.38. The molecule has 1 nitrogen and oxygen atoms in total. The fourth-order valence-electron chi connectivity index (χ4n) is 1.47. The predicted octanol–water partition coefficient (Wildman–Crippen LogP) is 2.35. The lowest BCUT2D eigenvalue weighted by Crippen LogP contribution is -2.19. The van der Waals surface area contributed by atoms with Crippen molar-refractivity contribution in [2.24, 2.45) is 0 Å². The van der Waals surface area contributed by atoms with Crippen molar-refractivity contribution in [2.75, 3.05) is 6.61 Å². The molecule has 0 N–H and O–H groups in total. The highest BCUT2D eigenvalue weighted by atomic mass is 32.8. The number of hydrogen-bond acceptors (Lipinski definition) is 2. The zero-order chi connectivity index (χ0) is 8.10. The van der Waals surface area contributed by atoms with Crippen LogP contribution >= 0.6 is 0 Å². The molecule has 0 aromatic rings. The minimum atomic E-state index is -0.173. The summed E-state index contributed by atoms with van der Waals surface area (Å²) in [5, 5.41) is 0.693. The van der Waals surface area contributed by atoms with Crippen molar-refractivity contribution in [3.05, 3.63) is 0 Å². The Hall–Kier alpha value is 0.530. The molecular formula is C8H16OS2. The summed E-state index contributed by atoms with van der Waals surface area (Å²) >= 11 is 5.26. The second kappa shape index (κ2) is 5.22. The van der Waals surface area contributed by atoms with E-state index in [1.165, 1.54) is 32.1 Å². The Morgan fingerprint density at radius 3 is 2.55 bits per heavy atom. The van der Waals surface area contributed by atoms with Crippen LogP contribution in [0.3, 0.4) is 0 Å². The van der Waals surface area contributed by atoms with Crippen LogP contribution in [-0.2, 0) is 25.1 Å². The van der Waals surface area contributed by atoms with Gasteiger partial charge in [-0.3, -0.25) is 0 Å². The first-order chi connectivity index (χ1) is 5.34. The first-order valence-corrected chi connectivity index (χ1v) is 6.52. The van der Waals surface area contributed by atoms with Gasteiger partial charge in [-0.2, -0.15) is 0 Å². The van der Waals surface area contributed by atoms with Crippen LogP contribution in [0.4, 0.5) is 0 Å². The molecule has 0 amide bonds. The van der Waals surface area contributed by atoms with Gasteiger partial charge in [0.05, 0.1) is 6.61 Å². The van der Waals surface area contributed by atoms with E-state index in [4.69, 9.17) is 15.4 Å². The average Bonchev–Trinajstić information content (AvgIpc) is 2.07. The Balaban J connectivity index is 2.27. The van der Waals surface area contributed by atoms with Crippen molar-refractivity contribution in [1.82, 2.24) is 0 Å². The highest BCUT2D eigenvalue weighted by Crippen LogP contribution is 2.22. The average molecular weight is 192 g/mol. The van der Waals surface area contributed by atoms with E-state index in [1.54, 1.807) is 0 Å². The SMILES string of the molecule is CCOS(=S)C1CCCCC1. The van der Waals surface area contributed by atoms with E-state index in [0.717, 1.165) is 6.61 Å². The van der Waals surface area contributed by atoms with Gasteiger partial charge in [0.15, 0.2) is 0 Å². The van der Waals surface area contributed by atoms with Gasteiger partial charge >= 0.3 is 0 Å². The van der Waals surface area contributed by atoms with Gasteiger partial charge in [-0.1, -0.05) is 19.3 Å². The van der Waals surface area contributed by atoms with E-state index >= 15 is 0 Å². The zero-order valence-electron chi connectivity index (χ0n) is 7.04. The van der Waals surface area contributed by atoms with E-state index in [0.29, 0.717) is 5.25 Å². The topological polar surface area (TPSA) is 9.23 Å². The van der Waals surface area contributed by atoms with Crippen LogP contribution in [0.1, 0.15) is 39.0 Å². The maximum atomic E-state index is 5.42. The molecule has 0 heterocycles. The minimum Gasteiger partial charge on any atom is -0.312 e. The van der Waals surface area contributed by atoms with Gasteiger partial charge in [-0.05, 0) is 31.0 Å². The van der Waals surface area contributed by atoms with Gasteiger partial charge in [0.2, 0.25) is 0 Å². The Morgan fingerprint density at radius 2 is 2.00 bits per heavy atom. The summed E-state index contributed by atoms with van der Waals surface area (Å²) in [6, 6.07) is 0. The predicted molar refractivity (Wildman–Crippen MR) is 53.2 cm³/mol. The smallest absolute Gasteiger partial charge is 0.0588 e. The number of rotatable bonds is 3. The molecular weight excluding hydrogens is 176 g/mol. The van der Waals surface area contributed by atoms with Crippen molar-refractivity contribution in [3.8, 4) is 0 Å². The third kappa shape index (κ3) is 3.18. The van der Waals surface area contributed by atoms with Gasteiger partial charge in [-0.25, -0.2) is 0 Å². The van der Waals surface area contributed by atoms with E-state index in [1.807, 2.05) is 6.92 Å². The molecule has 1 saturated carbocycles. The summed E-state index contributed by atoms with van der Waals surface area (Å²) in [5.41, 5.74) is 0. The molecule has 1 rings (SSSR count). The maximum absolute atomic E-state index is 5.42. The van der Waals surface area contributed by atoms with Gasteiger partial charge in [0, 0.05) is 15.0 Å². The molecule has 1 fully saturated rings. The molecule has 0 aromatic carbocycles. The maximum Gasteiger partial charge on any atom is 0.0588 e. The van der Waals surface area contributed by atoms with Crippen molar-refractivity contribution in [2.45, 2.75) is 44.3 Å². The summed E-state index contributed by atoms with van der Waals surface area (Å²) in [6.45, 7) is 2.80. The fraction of sp³-hybridized carbons (Fsp3) is 1.00. The lowest BCUT2D eigenvalue weighted by molar-refractivity contribution is 0.382.